The topological polar surface area (TPSA) is 29.5 Å². The van der Waals surface area contributed by atoms with Crippen molar-refractivity contribution in [3.8, 4) is 23.3 Å². The van der Waals surface area contributed by atoms with Gasteiger partial charge in [0.15, 0.2) is 0 Å². The van der Waals surface area contributed by atoms with Gasteiger partial charge in [-0.3, -0.25) is 0 Å². The van der Waals surface area contributed by atoms with Crippen LogP contribution in [-0.4, -0.2) is 12.2 Å². The highest BCUT2D eigenvalue weighted by Gasteiger charge is 2.17. The molecule has 1 aromatic carbocycles. The molecule has 0 radical (unpaired) electrons. The summed E-state index contributed by atoms with van der Waals surface area (Å²) in [5.41, 5.74) is 0.649. The highest BCUT2D eigenvalue weighted by molar-refractivity contribution is 5.49. The van der Waals surface area contributed by atoms with Crippen molar-refractivity contribution in [2.75, 3.05) is 7.11 Å². The number of hydrogen-bond donors (Lipinski definition) is 1. The lowest BCUT2D eigenvalue weighted by Crippen LogP contribution is -1.84. The van der Waals surface area contributed by atoms with Gasteiger partial charge in [-0.05, 0) is 31.0 Å². The SMILES string of the molecule is COc1ccc(O)c(C#CC2CC2)c1. The van der Waals surface area contributed by atoms with Gasteiger partial charge in [-0.2, -0.15) is 0 Å². The summed E-state index contributed by atoms with van der Waals surface area (Å²) in [6, 6.07) is 5.08. The molecule has 0 amide bonds. The molecule has 2 heteroatoms. The van der Waals surface area contributed by atoms with Crippen molar-refractivity contribution in [2.24, 2.45) is 5.92 Å². The van der Waals surface area contributed by atoms with Gasteiger partial charge in [0.2, 0.25) is 0 Å². The third-order valence-corrected chi connectivity index (χ3v) is 2.19. The molecule has 0 aliphatic heterocycles. The van der Waals surface area contributed by atoms with Gasteiger partial charge in [0.25, 0.3) is 0 Å². The second-order valence-corrected chi connectivity index (χ2v) is 3.43. The monoisotopic (exact) mass is 188 g/mol. The standard InChI is InChI=1S/C12H12O2/c1-14-11-6-7-12(13)10(8-11)5-4-9-2-3-9/h6-9,13H,2-3H2,1H3. The first kappa shape index (κ1) is 8.96. The summed E-state index contributed by atoms with van der Waals surface area (Å²) in [6.07, 6.45) is 2.38. The summed E-state index contributed by atoms with van der Waals surface area (Å²) >= 11 is 0. The van der Waals surface area contributed by atoms with E-state index in [-0.39, 0.29) is 5.75 Å². The van der Waals surface area contributed by atoms with Crippen LogP contribution in [0.3, 0.4) is 0 Å². The van der Waals surface area contributed by atoms with Crippen LogP contribution in [0.1, 0.15) is 18.4 Å². The number of rotatable bonds is 1. The van der Waals surface area contributed by atoms with E-state index in [1.54, 1.807) is 25.3 Å². The maximum atomic E-state index is 9.51. The minimum absolute atomic E-state index is 0.221. The third-order valence-electron chi connectivity index (χ3n) is 2.19. The molecule has 0 aromatic heterocycles. The van der Waals surface area contributed by atoms with E-state index in [1.165, 1.54) is 12.8 Å². The largest absolute Gasteiger partial charge is 0.507 e. The fourth-order valence-electron chi connectivity index (χ4n) is 1.15. The Hall–Kier alpha value is -1.62. The first-order valence-corrected chi connectivity index (χ1v) is 4.68. The highest BCUT2D eigenvalue weighted by Crippen LogP contribution is 2.28. The predicted molar refractivity (Wildman–Crippen MR) is 54.3 cm³/mol. The summed E-state index contributed by atoms with van der Waals surface area (Å²) in [6.45, 7) is 0. The third kappa shape index (κ3) is 2.00. The Bertz CT molecular complexity index is 395. The summed E-state index contributed by atoms with van der Waals surface area (Å²) in [7, 11) is 1.60. The van der Waals surface area contributed by atoms with Crippen molar-refractivity contribution in [2.45, 2.75) is 12.8 Å². The minimum Gasteiger partial charge on any atom is -0.507 e. The average Bonchev–Trinajstić information content (AvgIpc) is 3.00. The molecule has 1 N–H and O–H groups in total. The van der Waals surface area contributed by atoms with Gasteiger partial charge in [-0.1, -0.05) is 11.8 Å². The van der Waals surface area contributed by atoms with E-state index < -0.39 is 0 Å². The van der Waals surface area contributed by atoms with E-state index in [4.69, 9.17) is 4.74 Å². The lowest BCUT2D eigenvalue weighted by molar-refractivity contribution is 0.412. The number of ether oxygens (including phenoxy) is 1. The lowest BCUT2D eigenvalue weighted by Gasteiger charge is -2.01. The molecule has 1 saturated carbocycles. The van der Waals surface area contributed by atoms with E-state index in [0.717, 1.165) is 5.75 Å². The Balaban J connectivity index is 2.26. The van der Waals surface area contributed by atoms with Crippen LogP contribution < -0.4 is 4.74 Å². The van der Waals surface area contributed by atoms with Crippen LogP contribution in [0.5, 0.6) is 11.5 Å². The Kier molecular flexibility index (Phi) is 2.32. The number of hydrogen-bond acceptors (Lipinski definition) is 2. The van der Waals surface area contributed by atoms with Crippen LogP contribution in [0.2, 0.25) is 0 Å². The zero-order chi connectivity index (χ0) is 9.97. The Labute approximate surface area is 83.5 Å². The van der Waals surface area contributed by atoms with Crippen molar-refractivity contribution < 1.29 is 9.84 Å². The van der Waals surface area contributed by atoms with Crippen LogP contribution in [0.25, 0.3) is 0 Å². The number of phenols is 1. The van der Waals surface area contributed by atoms with Crippen molar-refractivity contribution in [1.82, 2.24) is 0 Å². The fraction of sp³-hybridized carbons (Fsp3) is 0.333. The second-order valence-electron chi connectivity index (χ2n) is 3.43. The van der Waals surface area contributed by atoms with Gasteiger partial charge in [0, 0.05) is 5.92 Å². The Morgan fingerprint density at radius 1 is 1.43 bits per heavy atom. The van der Waals surface area contributed by atoms with E-state index in [1.807, 2.05) is 0 Å². The lowest BCUT2D eigenvalue weighted by atomic mass is 10.2. The minimum atomic E-state index is 0.221. The van der Waals surface area contributed by atoms with Crippen molar-refractivity contribution >= 4 is 0 Å². The molecule has 0 heterocycles. The van der Waals surface area contributed by atoms with E-state index in [9.17, 15) is 5.11 Å². The summed E-state index contributed by atoms with van der Waals surface area (Å²) < 4.78 is 5.05. The Morgan fingerprint density at radius 3 is 2.86 bits per heavy atom. The first-order valence-electron chi connectivity index (χ1n) is 4.68. The first-order chi connectivity index (χ1) is 6.79. The smallest absolute Gasteiger partial charge is 0.131 e. The molecular formula is C12H12O2. The molecule has 1 fully saturated rings. The quantitative estimate of drug-likeness (QED) is 0.684. The molecule has 72 valence electrons. The fourth-order valence-corrected chi connectivity index (χ4v) is 1.15. The molecule has 1 aliphatic rings. The zero-order valence-electron chi connectivity index (χ0n) is 8.08. The average molecular weight is 188 g/mol. The number of aromatic hydroxyl groups is 1. The number of phenolic OH excluding ortho intramolecular Hbond substituents is 1. The van der Waals surface area contributed by atoms with Crippen LogP contribution in [-0.2, 0) is 0 Å². The van der Waals surface area contributed by atoms with Gasteiger partial charge < -0.3 is 9.84 Å². The molecule has 0 unspecified atom stereocenters. The second kappa shape index (κ2) is 3.63. The van der Waals surface area contributed by atoms with Gasteiger partial charge in [0.05, 0.1) is 12.7 Å². The van der Waals surface area contributed by atoms with Crippen molar-refractivity contribution in [3.05, 3.63) is 23.8 Å². The van der Waals surface area contributed by atoms with Crippen LogP contribution in [0, 0.1) is 17.8 Å². The van der Waals surface area contributed by atoms with Crippen LogP contribution in [0.4, 0.5) is 0 Å². The molecule has 0 atom stereocenters. The summed E-state index contributed by atoms with van der Waals surface area (Å²) in [4.78, 5) is 0. The maximum Gasteiger partial charge on any atom is 0.131 e. The Morgan fingerprint density at radius 2 is 2.21 bits per heavy atom. The summed E-state index contributed by atoms with van der Waals surface area (Å²) in [5.74, 6) is 7.56. The number of methoxy groups -OCH3 is 1. The van der Waals surface area contributed by atoms with Gasteiger partial charge >= 0.3 is 0 Å². The van der Waals surface area contributed by atoms with Gasteiger partial charge in [0.1, 0.15) is 11.5 Å². The molecule has 2 rings (SSSR count). The molecule has 1 aromatic rings. The number of benzene rings is 1. The maximum absolute atomic E-state index is 9.51. The zero-order valence-corrected chi connectivity index (χ0v) is 8.08. The van der Waals surface area contributed by atoms with E-state index in [0.29, 0.717) is 11.5 Å². The van der Waals surface area contributed by atoms with Crippen LogP contribution in [0.15, 0.2) is 18.2 Å². The molecular weight excluding hydrogens is 176 g/mol. The van der Waals surface area contributed by atoms with E-state index in [2.05, 4.69) is 11.8 Å². The van der Waals surface area contributed by atoms with Crippen molar-refractivity contribution in [3.63, 3.8) is 0 Å². The van der Waals surface area contributed by atoms with Crippen molar-refractivity contribution in [1.29, 1.82) is 0 Å². The van der Waals surface area contributed by atoms with Crippen LogP contribution >= 0.6 is 0 Å². The predicted octanol–water partition coefficient (Wildman–Crippen LogP) is 2.16. The molecule has 0 spiro atoms. The normalized spacial score (nSPS) is 14.4. The molecule has 0 saturated heterocycles. The molecule has 14 heavy (non-hydrogen) atoms. The molecule has 2 nitrogen and oxygen atoms in total. The van der Waals surface area contributed by atoms with Gasteiger partial charge in [-0.25, -0.2) is 0 Å². The molecule has 1 aliphatic carbocycles. The summed E-state index contributed by atoms with van der Waals surface area (Å²) in [5, 5.41) is 9.51. The van der Waals surface area contributed by atoms with E-state index >= 15 is 0 Å². The van der Waals surface area contributed by atoms with Gasteiger partial charge in [-0.15, -0.1) is 0 Å². The highest BCUT2D eigenvalue weighted by atomic mass is 16.5. The molecule has 0 bridgehead atoms.